The smallest absolute Gasteiger partial charge is 0.319 e. The number of nitrogens with one attached hydrogen (secondary N) is 2. The third-order valence-corrected chi connectivity index (χ3v) is 7.51. The minimum Gasteiger partial charge on any atom is -0.497 e. The van der Waals surface area contributed by atoms with E-state index in [1.165, 1.54) is 0 Å². The number of ether oxygens (including phenoxy) is 1. The number of carbonyl (C=O) groups excluding carboxylic acids is 1. The van der Waals surface area contributed by atoms with Crippen LogP contribution in [-0.4, -0.2) is 32.9 Å². The van der Waals surface area contributed by atoms with Crippen LogP contribution in [0.1, 0.15) is 38.2 Å². The molecule has 0 aromatic heterocycles. The molecule has 7 heteroatoms. The SMILES string of the molecule is COc1cccc(CC(C)NC(=O)Nc2ccc(S(=O)(=O)C3CCCC3)cc2)c1. The van der Waals surface area contributed by atoms with Gasteiger partial charge in [0.2, 0.25) is 0 Å². The first kappa shape index (κ1) is 21.2. The molecule has 3 rings (SSSR count). The maximum Gasteiger partial charge on any atom is 0.319 e. The Hall–Kier alpha value is -2.54. The number of anilines is 1. The number of carbonyl (C=O) groups is 1. The van der Waals surface area contributed by atoms with Gasteiger partial charge in [-0.25, -0.2) is 13.2 Å². The molecule has 6 nitrogen and oxygen atoms in total. The highest BCUT2D eigenvalue weighted by Crippen LogP contribution is 2.30. The summed E-state index contributed by atoms with van der Waals surface area (Å²) in [6, 6.07) is 13.7. The Kier molecular flexibility index (Phi) is 6.79. The molecule has 2 N–H and O–H groups in total. The molecule has 1 aliphatic rings. The largest absolute Gasteiger partial charge is 0.497 e. The summed E-state index contributed by atoms with van der Waals surface area (Å²) in [6.07, 6.45) is 4.07. The van der Waals surface area contributed by atoms with Gasteiger partial charge in [-0.3, -0.25) is 0 Å². The topological polar surface area (TPSA) is 84.5 Å². The minimum absolute atomic E-state index is 0.0795. The molecule has 1 fully saturated rings. The number of urea groups is 1. The minimum atomic E-state index is -3.28. The van der Waals surface area contributed by atoms with Crippen LogP contribution in [-0.2, 0) is 16.3 Å². The Morgan fingerprint density at radius 2 is 1.83 bits per heavy atom. The van der Waals surface area contributed by atoms with Crippen molar-refractivity contribution in [3.05, 3.63) is 54.1 Å². The van der Waals surface area contributed by atoms with E-state index in [1.807, 2.05) is 31.2 Å². The van der Waals surface area contributed by atoms with Crippen molar-refractivity contribution in [1.29, 1.82) is 0 Å². The number of amides is 2. The molecule has 2 amide bonds. The number of hydrogen-bond acceptors (Lipinski definition) is 4. The summed E-state index contributed by atoms with van der Waals surface area (Å²) >= 11 is 0. The van der Waals surface area contributed by atoms with Gasteiger partial charge in [-0.2, -0.15) is 0 Å². The molecule has 1 aliphatic carbocycles. The molecule has 0 bridgehead atoms. The summed E-state index contributed by atoms with van der Waals surface area (Å²) in [5.41, 5.74) is 1.63. The zero-order valence-electron chi connectivity index (χ0n) is 16.9. The summed E-state index contributed by atoms with van der Waals surface area (Å²) in [5, 5.41) is 5.38. The zero-order valence-corrected chi connectivity index (χ0v) is 17.7. The van der Waals surface area contributed by atoms with Crippen LogP contribution in [0.15, 0.2) is 53.4 Å². The second-order valence-electron chi connectivity index (χ2n) is 7.53. The van der Waals surface area contributed by atoms with Crippen LogP contribution in [0, 0.1) is 0 Å². The second-order valence-corrected chi connectivity index (χ2v) is 9.76. The van der Waals surface area contributed by atoms with Crippen molar-refractivity contribution >= 4 is 21.6 Å². The highest BCUT2D eigenvalue weighted by molar-refractivity contribution is 7.92. The Labute approximate surface area is 172 Å². The lowest BCUT2D eigenvalue weighted by Crippen LogP contribution is -2.37. The monoisotopic (exact) mass is 416 g/mol. The van der Waals surface area contributed by atoms with Gasteiger partial charge in [0.05, 0.1) is 17.3 Å². The molecule has 0 saturated heterocycles. The van der Waals surface area contributed by atoms with Crippen LogP contribution >= 0.6 is 0 Å². The number of methoxy groups -OCH3 is 1. The molecule has 156 valence electrons. The van der Waals surface area contributed by atoms with Crippen LogP contribution < -0.4 is 15.4 Å². The van der Waals surface area contributed by atoms with Gasteiger partial charge in [-0.15, -0.1) is 0 Å². The number of hydrogen-bond donors (Lipinski definition) is 2. The molecular formula is C22H28N2O4S. The fourth-order valence-electron chi connectivity index (χ4n) is 3.71. The molecule has 0 aliphatic heterocycles. The van der Waals surface area contributed by atoms with E-state index < -0.39 is 9.84 Å². The van der Waals surface area contributed by atoms with E-state index in [4.69, 9.17) is 4.74 Å². The highest BCUT2D eigenvalue weighted by Gasteiger charge is 2.30. The lowest BCUT2D eigenvalue weighted by molar-refractivity contribution is 0.249. The maximum absolute atomic E-state index is 12.6. The van der Waals surface area contributed by atoms with Crippen molar-refractivity contribution in [1.82, 2.24) is 5.32 Å². The van der Waals surface area contributed by atoms with Crippen LogP contribution in [0.2, 0.25) is 0 Å². The molecule has 1 atom stereocenters. The normalized spacial score (nSPS) is 15.7. The van der Waals surface area contributed by atoms with Crippen molar-refractivity contribution in [2.45, 2.75) is 55.2 Å². The average Bonchev–Trinajstić information content (AvgIpc) is 3.24. The third kappa shape index (κ3) is 5.50. The van der Waals surface area contributed by atoms with Gasteiger partial charge in [0.15, 0.2) is 9.84 Å². The van der Waals surface area contributed by atoms with E-state index in [0.717, 1.165) is 37.0 Å². The quantitative estimate of drug-likeness (QED) is 0.710. The first-order valence-corrected chi connectivity index (χ1v) is 11.5. The van der Waals surface area contributed by atoms with Crippen LogP contribution in [0.5, 0.6) is 5.75 Å². The summed E-state index contributed by atoms with van der Waals surface area (Å²) in [4.78, 5) is 12.6. The fourth-order valence-corrected chi connectivity index (χ4v) is 5.57. The highest BCUT2D eigenvalue weighted by atomic mass is 32.2. The molecule has 0 spiro atoms. The van der Waals surface area contributed by atoms with Crippen LogP contribution in [0.4, 0.5) is 10.5 Å². The van der Waals surface area contributed by atoms with Gasteiger partial charge in [0, 0.05) is 11.7 Å². The van der Waals surface area contributed by atoms with Gasteiger partial charge in [0.1, 0.15) is 5.75 Å². The van der Waals surface area contributed by atoms with E-state index in [9.17, 15) is 13.2 Å². The fraction of sp³-hybridized carbons (Fsp3) is 0.409. The Balaban J connectivity index is 1.55. The molecule has 1 unspecified atom stereocenters. The van der Waals surface area contributed by atoms with Gasteiger partial charge in [-0.05, 0) is 68.1 Å². The van der Waals surface area contributed by atoms with Gasteiger partial charge >= 0.3 is 6.03 Å². The summed E-state index contributed by atoms with van der Waals surface area (Å²) in [5.74, 6) is 0.784. The third-order valence-electron chi connectivity index (χ3n) is 5.24. The van der Waals surface area contributed by atoms with Gasteiger partial charge < -0.3 is 15.4 Å². The average molecular weight is 417 g/mol. The summed E-state index contributed by atoms with van der Waals surface area (Å²) < 4.78 is 30.5. The Bertz CT molecular complexity index is 936. The lowest BCUT2D eigenvalue weighted by atomic mass is 10.1. The van der Waals surface area contributed by atoms with E-state index >= 15 is 0 Å². The van der Waals surface area contributed by atoms with Crippen LogP contribution in [0.25, 0.3) is 0 Å². The van der Waals surface area contributed by atoms with E-state index in [-0.39, 0.29) is 17.3 Å². The molecular weight excluding hydrogens is 388 g/mol. The number of sulfone groups is 1. The predicted octanol–water partition coefficient (Wildman–Crippen LogP) is 4.16. The summed E-state index contributed by atoms with van der Waals surface area (Å²) in [6.45, 7) is 1.93. The molecule has 2 aromatic carbocycles. The predicted molar refractivity (Wildman–Crippen MR) is 114 cm³/mol. The number of rotatable bonds is 7. The van der Waals surface area contributed by atoms with Gasteiger partial charge in [0.25, 0.3) is 0 Å². The second kappa shape index (κ2) is 9.31. The molecule has 2 aromatic rings. The van der Waals surface area contributed by atoms with E-state index in [1.54, 1.807) is 31.4 Å². The van der Waals surface area contributed by atoms with Gasteiger partial charge in [-0.1, -0.05) is 25.0 Å². The van der Waals surface area contributed by atoms with Crippen molar-refractivity contribution in [2.24, 2.45) is 0 Å². The summed E-state index contributed by atoms with van der Waals surface area (Å²) in [7, 11) is -1.66. The van der Waals surface area contributed by atoms with Crippen molar-refractivity contribution in [3.63, 3.8) is 0 Å². The van der Waals surface area contributed by atoms with Crippen molar-refractivity contribution in [2.75, 3.05) is 12.4 Å². The molecule has 1 saturated carbocycles. The van der Waals surface area contributed by atoms with Crippen molar-refractivity contribution in [3.8, 4) is 5.75 Å². The number of benzene rings is 2. The first-order valence-electron chi connectivity index (χ1n) is 9.93. The standard InChI is InChI=1S/C22H28N2O4S/c1-16(14-17-6-5-7-19(15-17)28-2)23-22(25)24-18-10-12-21(13-11-18)29(26,27)20-8-3-4-9-20/h5-7,10-13,15-16,20H,3-4,8-9,14H2,1-2H3,(H2,23,24,25). The maximum atomic E-state index is 12.6. The first-order chi connectivity index (χ1) is 13.9. The Morgan fingerprint density at radius 1 is 1.14 bits per heavy atom. The molecule has 0 heterocycles. The molecule has 29 heavy (non-hydrogen) atoms. The lowest BCUT2D eigenvalue weighted by Gasteiger charge is -2.16. The van der Waals surface area contributed by atoms with E-state index in [0.29, 0.717) is 17.0 Å². The van der Waals surface area contributed by atoms with Crippen molar-refractivity contribution < 1.29 is 17.9 Å². The molecule has 0 radical (unpaired) electrons. The Morgan fingerprint density at radius 3 is 2.48 bits per heavy atom. The zero-order chi connectivity index (χ0) is 20.9. The van der Waals surface area contributed by atoms with Crippen LogP contribution in [0.3, 0.4) is 0 Å². The van der Waals surface area contributed by atoms with E-state index in [2.05, 4.69) is 10.6 Å².